The second-order valence-corrected chi connectivity index (χ2v) is 8.07. The van der Waals surface area contributed by atoms with E-state index in [9.17, 15) is 4.79 Å². The molecule has 1 aliphatic carbocycles. The molecule has 0 saturated heterocycles. The Bertz CT molecular complexity index is 323. The van der Waals surface area contributed by atoms with Gasteiger partial charge >= 0.3 is 0 Å². The molecule has 0 aromatic rings. The number of nitrogens with one attached hydrogen (secondary N) is 1. The van der Waals surface area contributed by atoms with Gasteiger partial charge in [0, 0.05) is 20.1 Å². The van der Waals surface area contributed by atoms with Crippen molar-refractivity contribution < 1.29 is 4.79 Å². The van der Waals surface area contributed by atoms with Gasteiger partial charge in [0.15, 0.2) is 0 Å². The number of rotatable bonds is 5. The number of amides is 1. The van der Waals surface area contributed by atoms with Crippen molar-refractivity contribution in [2.24, 2.45) is 17.3 Å². The number of likely N-dealkylation sites (N-methyl/N-ethyl adjacent to an activating group) is 1. The van der Waals surface area contributed by atoms with E-state index in [1.54, 1.807) is 4.90 Å². The summed E-state index contributed by atoms with van der Waals surface area (Å²) >= 11 is 0. The van der Waals surface area contributed by atoms with E-state index < -0.39 is 0 Å². The van der Waals surface area contributed by atoms with E-state index in [1.165, 1.54) is 19.3 Å². The molecule has 3 atom stereocenters. The van der Waals surface area contributed by atoms with E-state index in [-0.39, 0.29) is 11.9 Å². The first-order chi connectivity index (χ1) is 9.12. The molecule has 3 nitrogen and oxygen atoms in total. The van der Waals surface area contributed by atoms with Crippen molar-refractivity contribution in [1.82, 2.24) is 10.2 Å². The van der Waals surface area contributed by atoms with Gasteiger partial charge in [0.25, 0.3) is 0 Å². The lowest BCUT2D eigenvalue weighted by Gasteiger charge is -2.41. The summed E-state index contributed by atoms with van der Waals surface area (Å²) in [7, 11) is 3.70. The Morgan fingerprint density at radius 1 is 1.35 bits per heavy atom. The molecule has 0 aromatic carbocycles. The van der Waals surface area contributed by atoms with Crippen LogP contribution in [-0.4, -0.2) is 37.0 Å². The zero-order valence-electron chi connectivity index (χ0n) is 14.5. The van der Waals surface area contributed by atoms with Crippen molar-refractivity contribution in [2.45, 2.75) is 72.4 Å². The zero-order chi connectivity index (χ0) is 15.5. The third kappa shape index (κ3) is 5.08. The van der Waals surface area contributed by atoms with Crippen molar-refractivity contribution in [3.8, 4) is 0 Å². The molecule has 1 rings (SSSR count). The van der Waals surface area contributed by atoms with Crippen LogP contribution in [0.2, 0.25) is 0 Å². The van der Waals surface area contributed by atoms with Crippen molar-refractivity contribution in [3.63, 3.8) is 0 Å². The molecule has 3 heteroatoms. The molecular weight excluding hydrogens is 248 g/mol. The first kappa shape index (κ1) is 17.5. The summed E-state index contributed by atoms with van der Waals surface area (Å²) in [5.74, 6) is 1.39. The van der Waals surface area contributed by atoms with Crippen LogP contribution in [0.15, 0.2) is 0 Å². The topological polar surface area (TPSA) is 32.3 Å². The Hall–Kier alpha value is -0.570. The Morgan fingerprint density at radius 2 is 1.95 bits per heavy atom. The zero-order valence-corrected chi connectivity index (χ0v) is 14.5. The SMILES string of the molecule is CC(C)CC(NC1CCC(C)(C)CC1C)C(=O)N(C)C. The van der Waals surface area contributed by atoms with Crippen LogP contribution in [0.25, 0.3) is 0 Å². The van der Waals surface area contributed by atoms with Gasteiger partial charge in [-0.15, -0.1) is 0 Å². The Kier molecular flexibility index (Phi) is 6.06. The molecular formula is C17H34N2O. The van der Waals surface area contributed by atoms with E-state index >= 15 is 0 Å². The molecule has 0 radical (unpaired) electrons. The normalized spacial score (nSPS) is 27.4. The largest absolute Gasteiger partial charge is 0.347 e. The van der Waals surface area contributed by atoms with Gasteiger partial charge in [-0.25, -0.2) is 0 Å². The number of carbonyl (C=O) groups excluding carboxylic acids is 1. The maximum Gasteiger partial charge on any atom is 0.239 e. The number of hydrogen-bond acceptors (Lipinski definition) is 2. The fraction of sp³-hybridized carbons (Fsp3) is 0.941. The van der Waals surface area contributed by atoms with Crippen molar-refractivity contribution in [2.75, 3.05) is 14.1 Å². The number of carbonyl (C=O) groups is 1. The Balaban J connectivity index is 2.68. The molecule has 1 fully saturated rings. The third-order valence-electron chi connectivity index (χ3n) is 4.55. The van der Waals surface area contributed by atoms with Crippen molar-refractivity contribution >= 4 is 5.91 Å². The lowest BCUT2D eigenvalue weighted by molar-refractivity contribution is -0.131. The highest BCUT2D eigenvalue weighted by atomic mass is 16.2. The molecule has 0 spiro atoms. The summed E-state index contributed by atoms with van der Waals surface area (Å²) in [6, 6.07) is 0.453. The van der Waals surface area contributed by atoms with E-state index in [1.807, 2.05) is 14.1 Å². The van der Waals surface area contributed by atoms with Crippen LogP contribution in [0.4, 0.5) is 0 Å². The third-order valence-corrected chi connectivity index (χ3v) is 4.55. The summed E-state index contributed by atoms with van der Waals surface area (Å²) in [6.07, 6.45) is 4.60. The van der Waals surface area contributed by atoms with E-state index in [2.05, 4.69) is 39.9 Å². The predicted molar refractivity (Wildman–Crippen MR) is 85.7 cm³/mol. The average Bonchev–Trinajstić information content (AvgIpc) is 2.29. The molecule has 0 aromatic heterocycles. The minimum absolute atomic E-state index is 0.0290. The number of hydrogen-bond donors (Lipinski definition) is 1. The monoisotopic (exact) mass is 282 g/mol. The van der Waals surface area contributed by atoms with Crippen LogP contribution in [0.3, 0.4) is 0 Å². The first-order valence-electron chi connectivity index (χ1n) is 8.09. The maximum absolute atomic E-state index is 12.3. The molecule has 1 aliphatic rings. The highest BCUT2D eigenvalue weighted by molar-refractivity contribution is 5.81. The van der Waals surface area contributed by atoms with Crippen LogP contribution in [-0.2, 0) is 4.79 Å². The summed E-state index contributed by atoms with van der Waals surface area (Å²) in [6.45, 7) is 11.4. The van der Waals surface area contributed by atoms with Gasteiger partial charge < -0.3 is 10.2 Å². The van der Waals surface area contributed by atoms with Crippen LogP contribution >= 0.6 is 0 Å². The van der Waals surface area contributed by atoms with Crippen molar-refractivity contribution in [3.05, 3.63) is 0 Å². The molecule has 0 aliphatic heterocycles. The van der Waals surface area contributed by atoms with Gasteiger partial charge in [-0.2, -0.15) is 0 Å². The predicted octanol–water partition coefficient (Wildman–Crippen LogP) is 3.29. The molecule has 1 saturated carbocycles. The first-order valence-corrected chi connectivity index (χ1v) is 8.09. The van der Waals surface area contributed by atoms with Crippen LogP contribution in [0.1, 0.15) is 60.3 Å². The molecule has 0 bridgehead atoms. The number of nitrogens with zero attached hydrogens (tertiary/aromatic N) is 1. The molecule has 1 amide bonds. The standard InChI is InChI=1S/C17H34N2O/c1-12(2)10-15(16(20)19(6)7)18-14-8-9-17(4,5)11-13(14)3/h12-15,18H,8-11H2,1-7H3. The van der Waals surface area contributed by atoms with Crippen molar-refractivity contribution in [1.29, 1.82) is 0 Å². The lowest BCUT2D eigenvalue weighted by atomic mass is 9.70. The fourth-order valence-electron chi connectivity index (χ4n) is 3.48. The highest BCUT2D eigenvalue weighted by Crippen LogP contribution is 2.38. The van der Waals surface area contributed by atoms with E-state index in [0.29, 0.717) is 23.3 Å². The van der Waals surface area contributed by atoms with Gasteiger partial charge in [0.05, 0.1) is 6.04 Å². The summed E-state index contributed by atoms with van der Waals surface area (Å²) in [4.78, 5) is 14.1. The summed E-state index contributed by atoms with van der Waals surface area (Å²) < 4.78 is 0. The highest BCUT2D eigenvalue weighted by Gasteiger charge is 2.34. The molecule has 0 heterocycles. The lowest BCUT2D eigenvalue weighted by Crippen LogP contribution is -2.52. The molecule has 1 N–H and O–H groups in total. The van der Waals surface area contributed by atoms with E-state index in [4.69, 9.17) is 0 Å². The Morgan fingerprint density at radius 3 is 2.40 bits per heavy atom. The second kappa shape index (κ2) is 6.93. The van der Waals surface area contributed by atoms with Gasteiger partial charge in [0.2, 0.25) is 5.91 Å². The summed E-state index contributed by atoms with van der Waals surface area (Å²) in [5.41, 5.74) is 0.455. The van der Waals surface area contributed by atoms with Gasteiger partial charge in [-0.1, -0.05) is 34.6 Å². The molecule has 20 heavy (non-hydrogen) atoms. The average molecular weight is 282 g/mol. The van der Waals surface area contributed by atoms with Crippen LogP contribution in [0.5, 0.6) is 0 Å². The second-order valence-electron chi connectivity index (χ2n) is 8.07. The van der Waals surface area contributed by atoms with Gasteiger partial charge in [-0.05, 0) is 42.9 Å². The quantitative estimate of drug-likeness (QED) is 0.839. The fourth-order valence-corrected chi connectivity index (χ4v) is 3.48. The van der Waals surface area contributed by atoms with Crippen LogP contribution < -0.4 is 5.32 Å². The molecule has 118 valence electrons. The molecule has 3 unspecified atom stereocenters. The van der Waals surface area contributed by atoms with Gasteiger partial charge in [-0.3, -0.25) is 4.79 Å². The van der Waals surface area contributed by atoms with Gasteiger partial charge in [0.1, 0.15) is 0 Å². The maximum atomic E-state index is 12.3. The summed E-state index contributed by atoms with van der Waals surface area (Å²) in [5, 5.41) is 3.66. The smallest absolute Gasteiger partial charge is 0.239 e. The minimum Gasteiger partial charge on any atom is -0.347 e. The Labute approximate surface area is 125 Å². The minimum atomic E-state index is -0.0290. The van der Waals surface area contributed by atoms with Crippen LogP contribution in [0, 0.1) is 17.3 Å². The van der Waals surface area contributed by atoms with E-state index in [0.717, 1.165) is 6.42 Å².